The number of hydrogen-bond donors (Lipinski definition) is 1. The van der Waals surface area contributed by atoms with Gasteiger partial charge in [-0.3, -0.25) is 9.59 Å². The highest BCUT2D eigenvalue weighted by atomic mass is 32.2. The molecule has 2 aromatic rings. The summed E-state index contributed by atoms with van der Waals surface area (Å²) in [6.45, 7) is 0.648. The fourth-order valence-corrected chi connectivity index (χ4v) is 4.93. The summed E-state index contributed by atoms with van der Waals surface area (Å²) >= 11 is 1.58. The molecule has 1 aromatic carbocycles. The molecule has 3 atom stereocenters. The fraction of sp³-hybridized carbons (Fsp3) is 0.450. The van der Waals surface area contributed by atoms with Crippen LogP contribution in [-0.4, -0.2) is 46.8 Å². The number of carbonyl (C=O) groups is 2. The third-order valence-electron chi connectivity index (χ3n) is 5.31. The van der Waals surface area contributed by atoms with Gasteiger partial charge in [-0.2, -0.15) is 5.26 Å². The second kappa shape index (κ2) is 7.75. The average Bonchev–Trinajstić information content (AvgIpc) is 3.43. The minimum atomic E-state index is -0.511. The van der Waals surface area contributed by atoms with Crippen molar-refractivity contribution in [2.75, 3.05) is 18.2 Å². The number of amides is 1. The first kappa shape index (κ1) is 18.1. The Morgan fingerprint density at radius 2 is 2.22 bits per heavy atom. The molecule has 140 valence electrons. The van der Waals surface area contributed by atoms with Crippen molar-refractivity contribution in [1.82, 2.24) is 10.2 Å². The number of aryl methyl sites for hydroxylation is 1. The van der Waals surface area contributed by atoms with Crippen LogP contribution in [0.2, 0.25) is 0 Å². The molecule has 3 heterocycles. The van der Waals surface area contributed by atoms with E-state index in [4.69, 9.17) is 4.42 Å². The number of benzene rings is 1. The third kappa shape index (κ3) is 3.60. The summed E-state index contributed by atoms with van der Waals surface area (Å²) in [6, 6.07) is 11.0. The van der Waals surface area contributed by atoms with Crippen LogP contribution in [0.25, 0.3) is 11.0 Å². The largest absolute Gasteiger partial charge is 0.461 e. The van der Waals surface area contributed by atoms with E-state index in [1.807, 2.05) is 30.3 Å². The molecule has 0 radical (unpaired) electrons. The third-order valence-corrected chi connectivity index (χ3v) is 6.32. The van der Waals surface area contributed by atoms with E-state index in [-0.39, 0.29) is 17.6 Å². The second-order valence-corrected chi connectivity index (χ2v) is 8.00. The minimum absolute atomic E-state index is 0.0826. The molecule has 0 bridgehead atoms. The molecule has 1 N–H and O–H groups in total. The fourth-order valence-electron chi connectivity index (χ4n) is 3.85. The van der Waals surface area contributed by atoms with Gasteiger partial charge in [0.15, 0.2) is 0 Å². The van der Waals surface area contributed by atoms with Gasteiger partial charge in [-0.25, -0.2) is 0 Å². The van der Waals surface area contributed by atoms with Crippen LogP contribution in [-0.2, 0) is 16.0 Å². The van der Waals surface area contributed by atoms with Crippen molar-refractivity contribution >= 4 is 34.4 Å². The standard InChI is InChI=1S/C20H21N3O3S/c21-10-14-11-27-12-23(14)20(25)19-16(7-8-22-19)17(24)6-5-15-9-13-3-1-2-4-18(13)26-15/h1-4,9,14,16,19,22H,5-8,11-12H2/t14-,16?,19-/m1/s1. The van der Waals surface area contributed by atoms with Crippen LogP contribution >= 0.6 is 11.8 Å². The normalized spacial score (nSPS) is 25.0. The lowest BCUT2D eigenvalue weighted by molar-refractivity contribution is -0.137. The maximum atomic E-state index is 12.9. The zero-order chi connectivity index (χ0) is 18.8. The van der Waals surface area contributed by atoms with Gasteiger partial charge in [0, 0.05) is 29.9 Å². The smallest absolute Gasteiger partial charge is 0.242 e. The minimum Gasteiger partial charge on any atom is -0.461 e. The molecule has 4 rings (SSSR count). The number of Topliss-reactive ketones (excluding diaryl/α,β-unsaturated/α-hetero) is 1. The molecule has 0 spiro atoms. The molecule has 1 unspecified atom stereocenters. The van der Waals surface area contributed by atoms with Gasteiger partial charge in [-0.05, 0) is 25.1 Å². The summed E-state index contributed by atoms with van der Waals surface area (Å²) in [5, 5.41) is 13.4. The van der Waals surface area contributed by atoms with Crippen molar-refractivity contribution in [2.45, 2.75) is 31.3 Å². The van der Waals surface area contributed by atoms with Gasteiger partial charge >= 0.3 is 0 Å². The average molecular weight is 383 g/mol. The summed E-state index contributed by atoms with van der Waals surface area (Å²) in [5.74, 6) is 1.59. The first-order valence-corrected chi connectivity index (χ1v) is 10.3. The van der Waals surface area contributed by atoms with E-state index in [0.717, 1.165) is 16.7 Å². The van der Waals surface area contributed by atoms with E-state index in [1.165, 1.54) is 0 Å². The Balaban J connectivity index is 1.40. The van der Waals surface area contributed by atoms with Crippen molar-refractivity contribution < 1.29 is 14.0 Å². The van der Waals surface area contributed by atoms with E-state index in [0.29, 0.717) is 37.4 Å². The van der Waals surface area contributed by atoms with E-state index < -0.39 is 12.1 Å². The number of hydrogen-bond acceptors (Lipinski definition) is 6. The monoisotopic (exact) mass is 383 g/mol. The molecular weight excluding hydrogens is 362 g/mol. The highest BCUT2D eigenvalue weighted by Gasteiger charge is 2.42. The van der Waals surface area contributed by atoms with Gasteiger partial charge in [0.05, 0.1) is 18.0 Å². The lowest BCUT2D eigenvalue weighted by Crippen LogP contribution is -2.49. The van der Waals surface area contributed by atoms with Crippen LogP contribution in [0.15, 0.2) is 34.7 Å². The van der Waals surface area contributed by atoms with Crippen molar-refractivity contribution in [1.29, 1.82) is 5.26 Å². The van der Waals surface area contributed by atoms with Crippen molar-refractivity contribution in [2.24, 2.45) is 5.92 Å². The number of rotatable bonds is 5. The van der Waals surface area contributed by atoms with E-state index in [2.05, 4.69) is 11.4 Å². The van der Waals surface area contributed by atoms with Crippen LogP contribution in [0.4, 0.5) is 0 Å². The Labute approximate surface area is 161 Å². The number of para-hydroxylation sites is 1. The lowest BCUT2D eigenvalue weighted by atomic mass is 9.91. The van der Waals surface area contributed by atoms with Crippen LogP contribution in [0.5, 0.6) is 0 Å². The first-order valence-electron chi connectivity index (χ1n) is 9.19. The summed E-state index contributed by atoms with van der Waals surface area (Å²) in [7, 11) is 0. The van der Waals surface area contributed by atoms with Crippen LogP contribution in [0.1, 0.15) is 18.6 Å². The van der Waals surface area contributed by atoms with Crippen LogP contribution < -0.4 is 5.32 Å². The number of furan rings is 1. The SMILES string of the molecule is N#C[C@@H]1CSCN1C(=O)[C@@H]1NCCC1C(=O)CCc1cc2ccccc2o1. The van der Waals surface area contributed by atoms with Crippen LogP contribution in [0, 0.1) is 17.2 Å². The van der Waals surface area contributed by atoms with Crippen molar-refractivity contribution in [3.05, 3.63) is 36.1 Å². The molecule has 6 nitrogen and oxygen atoms in total. The number of nitriles is 1. The lowest BCUT2D eigenvalue weighted by Gasteiger charge is -2.25. The summed E-state index contributed by atoms with van der Waals surface area (Å²) in [5.41, 5.74) is 0.824. The molecule has 2 saturated heterocycles. The Kier molecular flexibility index (Phi) is 5.19. The van der Waals surface area contributed by atoms with E-state index in [9.17, 15) is 14.9 Å². The molecule has 0 aliphatic carbocycles. The highest BCUT2D eigenvalue weighted by Crippen LogP contribution is 2.27. The van der Waals surface area contributed by atoms with Crippen LogP contribution in [0.3, 0.4) is 0 Å². The number of nitrogens with zero attached hydrogens (tertiary/aromatic N) is 2. The molecule has 2 fully saturated rings. The summed E-state index contributed by atoms with van der Waals surface area (Å²) < 4.78 is 5.78. The molecule has 2 aliphatic heterocycles. The Hall–Kier alpha value is -2.30. The van der Waals surface area contributed by atoms with E-state index in [1.54, 1.807) is 16.7 Å². The number of ketones is 1. The number of carbonyl (C=O) groups excluding carboxylic acids is 2. The van der Waals surface area contributed by atoms with E-state index >= 15 is 0 Å². The Bertz CT molecular complexity index is 870. The maximum Gasteiger partial charge on any atom is 0.242 e. The van der Waals surface area contributed by atoms with Gasteiger partial charge < -0.3 is 14.6 Å². The van der Waals surface area contributed by atoms with Crippen molar-refractivity contribution in [3.63, 3.8) is 0 Å². The van der Waals surface area contributed by atoms with Crippen molar-refractivity contribution in [3.8, 4) is 6.07 Å². The predicted molar refractivity (Wildman–Crippen MR) is 103 cm³/mol. The van der Waals surface area contributed by atoms with Gasteiger partial charge in [-0.15, -0.1) is 11.8 Å². The summed E-state index contributed by atoms with van der Waals surface area (Å²) in [6.07, 6.45) is 1.55. The molecule has 7 heteroatoms. The molecule has 1 aromatic heterocycles. The number of fused-ring (bicyclic) bond motifs is 1. The molecule has 27 heavy (non-hydrogen) atoms. The highest BCUT2D eigenvalue weighted by molar-refractivity contribution is 7.99. The van der Waals surface area contributed by atoms with Gasteiger partial charge in [0.25, 0.3) is 0 Å². The first-order chi connectivity index (χ1) is 13.2. The second-order valence-electron chi connectivity index (χ2n) is 7.00. The van der Waals surface area contributed by atoms with Gasteiger partial charge in [-0.1, -0.05) is 18.2 Å². The number of nitrogens with one attached hydrogen (secondary N) is 1. The zero-order valence-corrected chi connectivity index (χ0v) is 15.7. The molecular formula is C20H21N3O3S. The molecule has 1 amide bonds. The topological polar surface area (TPSA) is 86.3 Å². The zero-order valence-electron chi connectivity index (χ0n) is 14.9. The Morgan fingerprint density at radius 1 is 1.37 bits per heavy atom. The maximum absolute atomic E-state index is 12.9. The van der Waals surface area contributed by atoms with Gasteiger partial charge in [0.2, 0.25) is 5.91 Å². The quantitative estimate of drug-likeness (QED) is 0.853. The Morgan fingerprint density at radius 3 is 3.04 bits per heavy atom. The molecule has 2 aliphatic rings. The number of thioether (sulfide) groups is 1. The predicted octanol–water partition coefficient (Wildman–Crippen LogP) is 2.34. The molecule has 0 saturated carbocycles. The van der Waals surface area contributed by atoms with Gasteiger partial charge in [0.1, 0.15) is 23.2 Å². The summed E-state index contributed by atoms with van der Waals surface area (Å²) in [4.78, 5) is 27.2.